The van der Waals surface area contributed by atoms with Gasteiger partial charge in [-0.05, 0) is 31.2 Å². The lowest BCUT2D eigenvalue weighted by Gasteiger charge is -2.36. The molecule has 9 heteroatoms. The van der Waals surface area contributed by atoms with E-state index in [0.29, 0.717) is 45.0 Å². The highest BCUT2D eigenvalue weighted by molar-refractivity contribution is 5.80. The van der Waals surface area contributed by atoms with Gasteiger partial charge in [0.05, 0.1) is 12.1 Å². The number of amides is 1. The molecule has 0 atom stereocenters. The number of carbonyl (C=O) groups excluding carboxylic acids is 1. The van der Waals surface area contributed by atoms with Crippen LogP contribution in [0, 0.1) is 0 Å². The van der Waals surface area contributed by atoms with Crippen molar-refractivity contribution in [2.75, 3.05) is 45.9 Å². The van der Waals surface area contributed by atoms with Gasteiger partial charge in [-0.2, -0.15) is 13.2 Å². The number of aliphatic imine (C=N–C) groups is 1. The second-order valence-corrected chi connectivity index (χ2v) is 6.10. The summed E-state index contributed by atoms with van der Waals surface area (Å²) in [6.45, 7) is 7.59. The van der Waals surface area contributed by atoms with Crippen LogP contribution < -0.4 is 10.1 Å². The topological polar surface area (TPSA) is 57.2 Å². The Kier molecular flexibility index (Phi) is 7.32. The standard InChI is InChI=1S/C18H25F3N4O2/c1-3-22-17(25-11-9-24(10-12-25)14(2)26)23-8-13-27-16-6-4-15(5-7-16)18(19,20)21/h4-7H,3,8-13H2,1-2H3,(H,22,23). The van der Waals surface area contributed by atoms with Crippen LogP contribution in [0.2, 0.25) is 0 Å². The maximum Gasteiger partial charge on any atom is 0.416 e. The number of alkyl halides is 3. The molecule has 0 bridgehead atoms. The summed E-state index contributed by atoms with van der Waals surface area (Å²) < 4.78 is 43.1. The second kappa shape index (κ2) is 9.48. The number of rotatable bonds is 5. The molecular formula is C18H25F3N4O2. The highest BCUT2D eigenvalue weighted by atomic mass is 19.4. The first-order valence-electron chi connectivity index (χ1n) is 8.90. The lowest BCUT2D eigenvalue weighted by Crippen LogP contribution is -2.53. The van der Waals surface area contributed by atoms with Crippen molar-refractivity contribution < 1.29 is 22.7 Å². The number of piperazine rings is 1. The fraction of sp³-hybridized carbons (Fsp3) is 0.556. The Bertz CT molecular complexity index is 639. The van der Waals surface area contributed by atoms with Gasteiger partial charge in [-0.25, -0.2) is 4.99 Å². The number of ether oxygens (including phenoxy) is 1. The molecule has 2 rings (SSSR count). The van der Waals surface area contributed by atoms with Gasteiger partial charge in [-0.15, -0.1) is 0 Å². The third-order valence-electron chi connectivity index (χ3n) is 4.16. The first kappa shape index (κ1) is 20.9. The van der Waals surface area contributed by atoms with Crippen molar-refractivity contribution in [3.8, 4) is 5.75 Å². The van der Waals surface area contributed by atoms with E-state index in [9.17, 15) is 18.0 Å². The van der Waals surface area contributed by atoms with E-state index in [1.165, 1.54) is 12.1 Å². The van der Waals surface area contributed by atoms with Gasteiger partial charge in [-0.3, -0.25) is 4.79 Å². The number of nitrogens with zero attached hydrogens (tertiary/aromatic N) is 3. The van der Waals surface area contributed by atoms with Gasteiger partial charge >= 0.3 is 6.18 Å². The molecule has 0 unspecified atom stereocenters. The first-order valence-corrected chi connectivity index (χ1v) is 8.90. The summed E-state index contributed by atoms with van der Waals surface area (Å²) in [5, 5.41) is 3.21. The van der Waals surface area contributed by atoms with Crippen molar-refractivity contribution in [3.63, 3.8) is 0 Å². The van der Waals surface area contributed by atoms with Crippen LogP contribution in [0.25, 0.3) is 0 Å². The Balaban J connectivity index is 1.84. The Morgan fingerprint density at radius 1 is 1.15 bits per heavy atom. The minimum Gasteiger partial charge on any atom is -0.492 e. The van der Waals surface area contributed by atoms with Gasteiger partial charge in [0.2, 0.25) is 5.91 Å². The maximum atomic E-state index is 12.5. The van der Waals surface area contributed by atoms with Crippen LogP contribution in [-0.2, 0) is 11.0 Å². The predicted molar refractivity (Wildman–Crippen MR) is 96.7 cm³/mol. The normalized spacial score (nSPS) is 15.7. The van der Waals surface area contributed by atoms with Gasteiger partial charge in [-0.1, -0.05) is 0 Å². The van der Waals surface area contributed by atoms with E-state index in [2.05, 4.69) is 15.2 Å². The van der Waals surface area contributed by atoms with Crippen LogP contribution in [0.4, 0.5) is 13.2 Å². The minimum atomic E-state index is -4.35. The molecule has 1 saturated heterocycles. The molecule has 1 fully saturated rings. The molecule has 0 radical (unpaired) electrons. The summed E-state index contributed by atoms with van der Waals surface area (Å²) in [4.78, 5) is 19.8. The van der Waals surface area contributed by atoms with E-state index in [0.717, 1.165) is 18.1 Å². The Morgan fingerprint density at radius 3 is 2.26 bits per heavy atom. The first-order chi connectivity index (χ1) is 12.8. The van der Waals surface area contributed by atoms with Crippen LogP contribution in [-0.4, -0.2) is 67.5 Å². The van der Waals surface area contributed by atoms with E-state index in [1.807, 2.05) is 6.92 Å². The number of hydrogen-bond donors (Lipinski definition) is 1. The van der Waals surface area contributed by atoms with Crippen LogP contribution in [0.1, 0.15) is 19.4 Å². The van der Waals surface area contributed by atoms with Crippen molar-refractivity contribution in [1.29, 1.82) is 0 Å². The summed E-state index contributed by atoms with van der Waals surface area (Å²) in [5.74, 6) is 1.19. The van der Waals surface area contributed by atoms with Crippen molar-refractivity contribution in [3.05, 3.63) is 29.8 Å². The van der Waals surface area contributed by atoms with Crippen LogP contribution in [0.15, 0.2) is 29.3 Å². The summed E-state index contributed by atoms with van der Waals surface area (Å²) in [5.41, 5.74) is -0.702. The molecule has 1 aliphatic rings. The molecule has 1 aromatic rings. The Labute approximate surface area is 157 Å². The zero-order valence-corrected chi connectivity index (χ0v) is 15.6. The molecule has 0 aliphatic carbocycles. The third-order valence-corrected chi connectivity index (χ3v) is 4.16. The SMILES string of the molecule is CCNC(=NCCOc1ccc(C(F)(F)F)cc1)N1CCN(C(C)=O)CC1. The number of guanidine groups is 1. The molecule has 1 amide bonds. The van der Waals surface area contributed by atoms with E-state index in [1.54, 1.807) is 11.8 Å². The van der Waals surface area contributed by atoms with E-state index < -0.39 is 11.7 Å². The number of nitrogens with one attached hydrogen (secondary N) is 1. The van der Waals surface area contributed by atoms with Gasteiger partial charge in [0.1, 0.15) is 12.4 Å². The summed E-state index contributed by atoms with van der Waals surface area (Å²) in [7, 11) is 0. The Hall–Kier alpha value is -2.45. The fourth-order valence-electron chi connectivity index (χ4n) is 2.71. The quantitative estimate of drug-likeness (QED) is 0.479. The number of halogens is 3. The monoisotopic (exact) mass is 386 g/mol. The van der Waals surface area contributed by atoms with Gasteiger partial charge in [0.25, 0.3) is 0 Å². The molecule has 27 heavy (non-hydrogen) atoms. The number of hydrogen-bond acceptors (Lipinski definition) is 3. The van der Waals surface area contributed by atoms with E-state index >= 15 is 0 Å². The zero-order valence-electron chi connectivity index (χ0n) is 15.6. The lowest BCUT2D eigenvalue weighted by molar-refractivity contribution is -0.137. The molecule has 1 aromatic carbocycles. The molecule has 0 spiro atoms. The van der Waals surface area contributed by atoms with Gasteiger partial charge in [0.15, 0.2) is 5.96 Å². The van der Waals surface area contributed by atoms with Crippen molar-refractivity contribution in [1.82, 2.24) is 15.1 Å². The van der Waals surface area contributed by atoms with Gasteiger partial charge in [0, 0.05) is 39.6 Å². The minimum absolute atomic E-state index is 0.0709. The molecule has 6 nitrogen and oxygen atoms in total. The molecule has 0 saturated carbocycles. The Morgan fingerprint density at radius 2 is 1.74 bits per heavy atom. The average Bonchev–Trinajstić information content (AvgIpc) is 2.64. The van der Waals surface area contributed by atoms with E-state index in [-0.39, 0.29) is 12.5 Å². The number of carbonyl (C=O) groups is 1. The second-order valence-electron chi connectivity index (χ2n) is 6.10. The van der Waals surface area contributed by atoms with Crippen molar-refractivity contribution >= 4 is 11.9 Å². The van der Waals surface area contributed by atoms with Crippen LogP contribution in [0.5, 0.6) is 5.75 Å². The molecular weight excluding hydrogens is 361 g/mol. The smallest absolute Gasteiger partial charge is 0.416 e. The van der Waals surface area contributed by atoms with Crippen LogP contribution in [0.3, 0.4) is 0 Å². The molecule has 1 aliphatic heterocycles. The largest absolute Gasteiger partial charge is 0.492 e. The molecule has 150 valence electrons. The third kappa shape index (κ3) is 6.33. The van der Waals surface area contributed by atoms with Crippen molar-refractivity contribution in [2.24, 2.45) is 4.99 Å². The fourth-order valence-corrected chi connectivity index (χ4v) is 2.71. The lowest BCUT2D eigenvalue weighted by atomic mass is 10.2. The highest BCUT2D eigenvalue weighted by Gasteiger charge is 2.30. The average molecular weight is 386 g/mol. The van der Waals surface area contributed by atoms with E-state index in [4.69, 9.17) is 4.74 Å². The summed E-state index contributed by atoms with van der Waals surface area (Å²) >= 11 is 0. The zero-order chi connectivity index (χ0) is 19.9. The highest BCUT2D eigenvalue weighted by Crippen LogP contribution is 2.30. The predicted octanol–water partition coefficient (Wildman–Crippen LogP) is 2.21. The molecule has 0 aromatic heterocycles. The maximum absolute atomic E-state index is 12.5. The molecule has 1 N–H and O–H groups in total. The molecule has 1 heterocycles. The summed E-state index contributed by atoms with van der Waals surface area (Å²) in [6, 6.07) is 4.60. The summed E-state index contributed by atoms with van der Waals surface area (Å²) in [6.07, 6.45) is -4.35. The number of benzene rings is 1. The van der Waals surface area contributed by atoms with Crippen LogP contribution >= 0.6 is 0 Å². The van der Waals surface area contributed by atoms with Gasteiger partial charge < -0.3 is 19.9 Å². The van der Waals surface area contributed by atoms with Crippen molar-refractivity contribution in [2.45, 2.75) is 20.0 Å².